The summed E-state index contributed by atoms with van der Waals surface area (Å²) in [4.78, 5) is 30.2. The van der Waals surface area contributed by atoms with E-state index in [1.54, 1.807) is 13.2 Å². The fourth-order valence-electron chi connectivity index (χ4n) is 5.39. The van der Waals surface area contributed by atoms with Crippen LogP contribution in [0.3, 0.4) is 0 Å². The minimum atomic E-state index is -0.266. The molecule has 4 rings (SSSR count). The van der Waals surface area contributed by atoms with E-state index < -0.39 is 0 Å². The number of hydrogen-bond donors (Lipinski definition) is 2. The Morgan fingerprint density at radius 2 is 1.80 bits per heavy atom. The maximum Gasteiger partial charge on any atom is 0.338 e. The van der Waals surface area contributed by atoms with Crippen molar-refractivity contribution in [2.24, 2.45) is 0 Å². The molecule has 2 atom stereocenters. The van der Waals surface area contributed by atoms with Gasteiger partial charge in [0.15, 0.2) is 0 Å². The standard InChI is InChI=1S/C30H41ClN4O5/c1-34-14-10-22(11-15-34)40-30(37)21-8-6-20(7-9-21)5-4-13-35-16-12-26(28(19-35)39-3)33-29(36)23-17-24(31)25(32)18-27(23)38-2/h6-9,17-18,22,26,28H,4-5,10-16,19,32H2,1-3H3,(H,33,36)/t26-,28+/m1/s1. The van der Waals surface area contributed by atoms with Crippen LogP contribution in [0.4, 0.5) is 5.69 Å². The normalized spacial score (nSPS) is 20.7. The van der Waals surface area contributed by atoms with Crippen LogP contribution < -0.4 is 15.8 Å². The molecule has 0 saturated carbocycles. The minimum absolute atomic E-state index is 0.01000. The van der Waals surface area contributed by atoms with Crippen LogP contribution >= 0.6 is 11.6 Å². The average Bonchev–Trinajstić information content (AvgIpc) is 2.96. The van der Waals surface area contributed by atoms with Crippen molar-refractivity contribution >= 4 is 29.2 Å². The van der Waals surface area contributed by atoms with E-state index in [0.29, 0.717) is 27.6 Å². The van der Waals surface area contributed by atoms with Gasteiger partial charge in [-0.25, -0.2) is 4.79 Å². The Bertz CT molecular complexity index is 1150. The van der Waals surface area contributed by atoms with Crippen LogP contribution in [0.15, 0.2) is 36.4 Å². The average molecular weight is 573 g/mol. The molecule has 2 aliphatic rings. The van der Waals surface area contributed by atoms with Crippen molar-refractivity contribution in [3.8, 4) is 5.75 Å². The topological polar surface area (TPSA) is 106 Å². The monoisotopic (exact) mass is 572 g/mol. The summed E-state index contributed by atoms with van der Waals surface area (Å²) < 4.78 is 16.8. The number of ether oxygens (including phenoxy) is 3. The molecule has 10 heteroatoms. The van der Waals surface area contributed by atoms with Crippen molar-refractivity contribution in [1.29, 1.82) is 0 Å². The summed E-state index contributed by atoms with van der Waals surface area (Å²) in [5.41, 5.74) is 8.36. The van der Waals surface area contributed by atoms with E-state index >= 15 is 0 Å². The van der Waals surface area contributed by atoms with E-state index in [4.69, 9.17) is 31.5 Å². The zero-order chi connectivity index (χ0) is 28.6. The van der Waals surface area contributed by atoms with Crippen LogP contribution in [0.25, 0.3) is 0 Å². The van der Waals surface area contributed by atoms with Gasteiger partial charge in [-0.15, -0.1) is 0 Å². The van der Waals surface area contributed by atoms with Crippen molar-refractivity contribution in [2.45, 2.75) is 50.4 Å². The first-order valence-electron chi connectivity index (χ1n) is 13.9. The highest BCUT2D eigenvalue weighted by Gasteiger charge is 2.31. The summed E-state index contributed by atoms with van der Waals surface area (Å²) in [6, 6.07) is 10.7. The first-order valence-corrected chi connectivity index (χ1v) is 14.3. The summed E-state index contributed by atoms with van der Waals surface area (Å²) in [6.07, 6.45) is 4.31. The fraction of sp³-hybridized carbons (Fsp3) is 0.533. The Labute approximate surface area is 241 Å². The number of benzene rings is 2. The van der Waals surface area contributed by atoms with Crippen LogP contribution in [0, 0.1) is 0 Å². The third-order valence-corrected chi connectivity index (χ3v) is 8.22. The van der Waals surface area contributed by atoms with Crippen LogP contribution in [0.1, 0.15) is 52.0 Å². The van der Waals surface area contributed by atoms with Gasteiger partial charge in [0.1, 0.15) is 11.9 Å². The van der Waals surface area contributed by atoms with Crippen LogP contribution in [-0.4, -0.2) is 93.9 Å². The molecule has 3 N–H and O–H groups in total. The Hall–Kier alpha value is -2.85. The smallest absolute Gasteiger partial charge is 0.338 e. The van der Waals surface area contributed by atoms with Crippen molar-refractivity contribution in [1.82, 2.24) is 15.1 Å². The van der Waals surface area contributed by atoms with Crippen molar-refractivity contribution in [3.63, 3.8) is 0 Å². The highest BCUT2D eigenvalue weighted by molar-refractivity contribution is 6.33. The van der Waals surface area contributed by atoms with E-state index in [0.717, 1.165) is 64.8 Å². The molecule has 2 aromatic rings. The van der Waals surface area contributed by atoms with Crippen molar-refractivity contribution < 1.29 is 23.8 Å². The zero-order valence-electron chi connectivity index (χ0n) is 23.7. The van der Waals surface area contributed by atoms with Gasteiger partial charge in [0, 0.05) is 39.4 Å². The molecular weight excluding hydrogens is 532 g/mol. The number of nitrogen functional groups attached to an aromatic ring is 1. The number of nitrogens with two attached hydrogens (primary N) is 1. The third-order valence-electron chi connectivity index (χ3n) is 7.89. The van der Waals surface area contributed by atoms with Gasteiger partial charge in [0.2, 0.25) is 0 Å². The van der Waals surface area contributed by atoms with Gasteiger partial charge < -0.3 is 35.1 Å². The highest BCUT2D eigenvalue weighted by atomic mass is 35.5. The third kappa shape index (κ3) is 7.87. The second kappa shape index (κ2) is 14.2. The number of anilines is 1. The predicted octanol–water partition coefficient (Wildman–Crippen LogP) is 3.63. The molecule has 0 radical (unpaired) electrons. The van der Waals surface area contributed by atoms with E-state index in [-0.39, 0.29) is 30.1 Å². The Morgan fingerprint density at radius 3 is 2.48 bits per heavy atom. The van der Waals surface area contributed by atoms with E-state index in [1.165, 1.54) is 18.7 Å². The number of likely N-dealkylation sites (tertiary alicyclic amines) is 2. The molecule has 218 valence electrons. The predicted molar refractivity (Wildman–Crippen MR) is 156 cm³/mol. The number of piperidine rings is 2. The maximum atomic E-state index is 13.0. The quantitative estimate of drug-likeness (QED) is 0.328. The molecule has 2 aromatic carbocycles. The summed E-state index contributed by atoms with van der Waals surface area (Å²) in [5, 5.41) is 3.40. The number of carbonyl (C=O) groups is 2. The van der Waals surface area contributed by atoms with Gasteiger partial charge in [-0.05, 0) is 69.5 Å². The van der Waals surface area contributed by atoms with Gasteiger partial charge >= 0.3 is 5.97 Å². The lowest BCUT2D eigenvalue weighted by Gasteiger charge is -2.38. The maximum absolute atomic E-state index is 13.0. The molecule has 1 amide bonds. The largest absolute Gasteiger partial charge is 0.496 e. The summed E-state index contributed by atoms with van der Waals surface area (Å²) in [5.74, 6) is -0.120. The molecule has 2 heterocycles. The Kier molecular flexibility index (Phi) is 10.7. The summed E-state index contributed by atoms with van der Waals surface area (Å²) in [7, 11) is 5.26. The fourth-order valence-corrected chi connectivity index (χ4v) is 5.55. The number of halogens is 1. The molecule has 0 aromatic heterocycles. The molecule has 2 aliphatic heterocycles. The number of rotatable bonds is 10. The molecular formula is C30H41ClN4O5. The van der Waals surface area contributed by atoms with Gasteiger partial charge in [-0.2, -0.15) is 0 Å². The van der Waals surface area contributed by atoms with Crippen molar-refractivity contribution in [2.75, 3.05) is 59.7 Å². The number of esters is 1. The molecule has 9 nitrogen and oxygen atoms in total. The Balaban J connectivity index is 1.22. The lowest BCUT2D eigenvalue weighted by atomic mass is 10.00. The van der Waals surface area contributed by atoms with E-state index in [9.17, 15) is 9.59 Å². The van der Waals surface area contributed by atoms with E-state index in [1.807, 2.05) is 24.3 Å². The minimum Gasteiger partial charge on any atom is -0.496 e. The molecule has 40 heavy (non-hydrogen) atoms. The molecule has 0 aliphatic carbocycles. The number of methoxy groups -OCH3 is 2. The second-order valence-corrected chi connectivity index (χ2v) is 11.1. The first kappa shape index (κ1) is 30.1. The molecule has 0 bridgehead atoms. The highest BCUT2D eigenvalue weighted by Crippen LogP contribution is 2.29. The molecule has 2 fully saturated rings. The lowest BCUT2D eigenvalue weighted by Crippen LogP contribution is -2.55. The second-order valence-electron chi connectivity index (χ2n) is 10.7. The summed E-state index contributed by atoms with van der Waals surface area (Å²) in [6.45, 7) is 4.42. The number of aryl methyl sites for hydroxylation is 1. The first-order chi connectivity index (χ1) is 19.3. The van der Waals surface area contributed by atoms with Gasteiger partial charge in [-0.1, -0.05) is 23.7 Å². The number of carbonyl (C=O) groups excluding carboxylic acids is 2. The summed E-state index contributed by atoms with van der Waals surface area (Å²) >= 11 is 6.15. The molecule has 2 saturated heterocycles. The van der Waals surface area contributed by atoms with Crippen LogP contribution in [-0.2, 0) is 15.9 Å². The number of nitrogens with zero attached hydrogens (tertiary/aromatic N) is 2. The van der Waals surface area contributed by atoms with E-state index in [2.05, 4.69) is 22.2 Å². The lowest BCUT2D eigenvalue weighted by molar-refractivity contribution is 0.00615. The van der Waals surface area contributed by atoms with Crippen LogP contribution in [0.2, 0.25) is 5.02 Å². The zero-order valence-corrected chi connectivity index (χ0v) is 24.4. The number of hydrogen-bond acceptors (Lipinski definition) is 8. The van der Waals surface area contributed by atoms with Gasteiger partial charge in [-0.3, -0.25) is 4.79 Å². The number of amides is 1. The molecule has 0 unspecified atom stereocenters. The number of nitrogens with one attached hydrogen (secondary N) is 1. The SMILES string of the molecule is COc1cc(N)c(Cl)cc1C(=O)N[C@@H]1CCN(CCCc2ccc(C(=O)OC3CCN(C)CC3)cc2)C[C@@H]1OC. The van der Waals surface area contributed by atoms with Crippen LogP contribution in [0.5, 0.6) is 5.75 Å². The molecule has 0 spiro atoms. The van der Waals surface area contributed by atoms with Gasteiger partial charge in [0.25, 0.3) is 5.91 Å². The Morgan fingerprint density at radius 1 is 1.07 bits per heavy atom. The van der Waals surface area contributed by atoms with Crippen molar-refractivity contribution in [3.05, 3.63) is 58.1 Å². The van der Waals surface area contributed by atoms with Gasteiger partial charge in [0.05, 0.1) is 41.1 Å².